The number of likely N-dealkylation sites (tertiary alicyclic amines) is 1. The molecule has 0 aromatic heterocycles. The number of hydrogen-bond acceptors (Lipinski definition) is 5. The second kappa shape index (κ2) is 9.95. The number of rotatable bonds is 7. The van der Waals surface area contributed by atoms with E-state index >= 15 is 0 Å². The monoisotopic (exact) mass is 375 g/mol. The van der Waals surface area contributed by atoms with E-state index < -0.39 is 0 Å². The number of ether oxygens (including phenoxy) is 2. The molecule has 2 fully saturated rings. The lowest BCUT2D eigenvalue weighted by molar-refractivity contribution is -0.137. The van der Waals surface area contributed by atoms with Crippen LogP contribution in [0.4, 0.5) is 5.69 Å². The number of piperazine rings is 1. The maximum Gasteiger partial charge on any atom is 0.227 e. The van der Waals surface area contributed by atoms with Crippen LogP contribution in [0.2, 0.25) is 0 Å². The van der Waals surface area contributed by atoms with Crippen LogP contribution in [0.1, 0.15) is 19.8 Å². The molecule has 3 rings (SSSR count). The average molecular weight is 376 g/mol. The van der Waals surface area contributed by atoms with Crippen LogP contribution < -0.4 is 9.64 Å². The predicted molar refractivity (Wildman–Crippen MR) is 107 cm³/mol. The van der Waals surface area contributed by atoms with Crippen molar-refractivity contribution in [2.75, 3.05) is 71.0 Å². The van der Waals surface area contributed by atoms with Crippen LogP contribution in [0.5, 0.6) is 5.75 Å². The third-order valence-corrected chi connectivity index (χ3v) is 5.56. The summed E-state index contributed by atoms with van der Waals surface area (Å²) in [5.41, 5.74) is 1.13. The highest BCUT2D eigenvalue weighted by atomic mass is 16.5. The SMILES string of the molecule is CCOc1ccccc1N1CCN(C(=O)[C@H]2CCCN(CCOC)C2)CC1. The largest absolute Gasteiger partial charge is 0.492 e. The van der Waals surface area contributed by atoms with Crippen molar-refractivity contribution in [3.05, 3.63) is 24.3 Å². The van der Waals surface area contributed by atoms with Gasteiger partial charge in [-0.25, -0.2) is 0 Å². The Morgan fingerprint density at radius 2 is 1.93 bits per heavy atom. The Bertz CT molecular complexity index is 602. The van der Waals surface area contributed by atoms with Crippen LogP contribution in [0, 0.1) is 5.92 Å². The Balaban J connectivity index is 1.53. The van der Waals surface area contributed by atoms with Gasteiger partial charge in [-0.2, -0.15) is 0 Å². The zero-order chi connectivity index (χ0) is 19.1. The number of hydrogen-bond donors (Lipinski definition) is 0. The van der Waals surface area contributed by atoms with Gasteiger partial charge in [0.15, 0.2) is 0 Å². The molecule has 2 aliphatic heterocycles. The lowest BCUT2D eigenvalue weighted by atomic mass is 9.96. The van der Waals surface area contributed by atoms with Crippen LogP contribution in [0.3, 0.4) is 0 Å². The molecule has 0 aliphatic carbocycles. The first-order valence-electron chi connectivity index (χ1n) is 10.2. The Labute approximate surface area is 163 Å². The van der Waals surface area contributed by atoms with Crippen LogP contribution in [-0.2, 0) is 9.53 Å². The second-order valence-corrected chi connectivity index (χ2v) is 7.35. The summed E-state index contributed by atoms with van der Waals surface area (Å²) in [6.07, 6.45) is 2.11. The van der Waals surface area contributed by atoms with Crippen LogP contribution in [0.25, 0.3) is 0 Å². The molecule has 2 heterocycles. The zero-order valence-electron chi connectivity index (χ0n) is 16.7. The highest BCUT2D eigenvalue weighted by molar-refractivity contribution is 5.79. The number of amides is 1. The van der Waals surface area contributed by atoms with Gasteiger partial charge in [0.2, 0.25) is 5.91 Å². The average Bonchev–Trinajstić information content (AvgIpc) is 2.73. The molecule has 1 aromatic rings. The van der Waals surface area contributed by atoms with E-state index in [0.29, 0.717) is 12.5 Å². The third kappa shape index (κ3) is 5.14. The quantitative estimate of drug-likeness (QED) is 0.730. The molecule has 6 heteroatoms. The molecule has 0 spiro atoms. The van der Waals surface area contributed by atoms with E-state index in [2.05, 4.69) is 20.8 Å². The van der Waals surface area contributed by atoms with E-state index in [1.807, 2.05) is 25.1 Å². The highest BCUT2D eigenvalue weighted by Crippen LogP contribution is 2.29. The van der Waals surface area contributed by atoms with Gasteiger partial charge in [-0.05, 0) is 38.4 Å². The summed E-state index contributed by atoms with van der Waals surface area (Å²) >= 11 is 0. The van der Waals surface area contributed by atoms with E-state index in [1.54, 1.807) is 7.11 Å². The first-order chi connectivity index (χ1) is 13.2. The Morgan fingerprint density at radius 3 is 2.67 bits per heavy atom. The number of piperidine rings is 1. The minimum absolute atomic E-state index is 0.137. The first kappa shape index (κ1) is 20.0. The van der Waals surface area contributed by atoms with E-state index in [9.17, 15) is 4.79 Å². The predicted octanol–water partition coefficient (Wildman–Crippen LogP) is 2.09. The summed E-state index contributed by atoms with van der Waals surface area (Å²) in [5, 5.41) is 0. The van der Waals surface area contributed by atoms with Gasteiger partial charge in [0.1, 0.15) is 5.75 Å². The minimum atomic E-state index is 0.137. The molecule has 1 aromatic carbocycles. The first-order valence-corrected chi connectivity index (χ1v) is 10.2. The lowest BCUT2D eigenvalue weighted by Gasteiger charge is -2.40. The molecule has 0 saturated carbocycles. The van der Waals surface area contributed by atoms with E-state index in [0.717, 1.165) is 76.7 Å². The molecule has 150 valence electrons. The molecular formula is C21H33N3O3. The standard InChI is InChI=1S/C21H33N3O3/c1-3-27-20-9-5-4-8-19(20)23-11-13-24(14-12-23)21(25)18-7-6-10-22(17-18)15-16-26-2/h4-5,8-9,18H,3,6-7,10-17H2,1-2H3/t18-/m0/s1. The Kier molecular flexibility index (Phi) is 7.35. The van der Waals surface area contributed by atoms with Crippen molar-refractivity contribution in [3.63, 3.8) is 0 Å². The fourth-order valence-electron chi connectivity index (χ4n) is 4.10. The fraction of sp³-hybridized carbons (Fsp3) is 0.667. The van der Waals surface area contributed by atoms with Crippen molar-refractivity contribution in [1.82, 2.24) is 9.80 Å². The molecule has 2 saturated heterocycles. The number of nitrogens with zero attached hydrogens (tertiary/aromatic N) is 3. The number of carbonyl (C=O) groups is 1. The molecule has 0 N–H and O–H groups in total. The van der Waals surface area contributed by atoms with Crippen molar-refractivity contribution in [3.8, 4) is 5.75 Å². The van der Waals surface area contributed by atoms with Gasteiger partial charge in [0.25, 0.3) is 0 Å². The second-order valence-electron chi connectivity index (χ2n) is 7.35. The van der Waals surface area contributed by atoms with Crippen molar-refractivity contribution in [2.45, 2.75) is 19.8 Å². The van der Waals surface area contributed by atoms with Gasteiger partial charge in [0.05, 0.1) is 24.8 Å². The Hall–Kier alpha value is -1.79. The van der Waals surface area contributed by atoms with Crippen LogP contribution in [0.15, 0.2) is 24.3 Å². The van der Waals surface area contributed by atoms with Crippen molar-refractivity contribution < 1.29 is 14.3 Å². The number of methoxy groups -OCH3 is 1. The molecule has 0 bridgehead atoms. The van der Waals surface area contributed by atoms with Crippen LogP contribution >= 0.6 is 0 Å². The minimum Gasteiger partial charge on any atom is -0.492 e. The van der Waals surface area contributed by atoms with Gasteiger partial charge in [-0.15, -0.1) is 0 Å². The van der Waals surface area contributed by atoms with E-state index in [-0.39, 0.29) is 5.92 Å². The molecular weight excluding hydrogens is 342 g/mol. The summed E-state index contributed by atoms with van der Waals surface area (Å²) in [6, 6.07) is 8.18. The molecule has 0 radical (unpaired) electrons. The zero-order valence-corrected chi connectivity index (χ0v) is 16.7. The molecule has 1 atom stereocenters. The molecule has 1 amide bonds. The van der Waals surface area contributed by atoms with E-state index in [4.69, 9.17) is 9.47 Å². The summed E-state index contributed by atoms with van der Waals surface area (Å²) in [5.74, 6) is 1.40. The number of anilines is 1. The van der Waals surface area contributed by atoms with Gasteiger partial charge < -0.3 is 24.2 Å². The van der Waals surface area contributed by atoms with Gasteiger partial charge in [-0.1, -0.05) is 12.1 Å². The molecule has 6 nitrogen and oxygen atoms in total. The summed E-state index contributed by atoms with van der Waals surface area (Å²) < 4.78 is 11.0. The number of para-hydroxylation sites is 2. The molecule has 0 unspecified atom stereocenters. The summed E-state index contributed by atoms with van der Waals surface area (Å²) in [7, 11) is 1.73. The molecule has 2 aliphatic rings. The van der Waals surface area contributed by atoms with Gasteiger partial charge in [-0.3, -0.25) is 4.79 Å². The van der Waals surface area contributed by atoms with E-state index in [1.165, 1.54) is 0 Å². The van der Waals surface area contributed by atoms with Crippen molar-refractivity contribution >= 4 is 11.6 Å². The highest BCUT2D eigenvalue weighted by Gasteiger charge is 2.31. The normalized spacial score (nSPS) is 21.3. The lowest BCUT2D eigenvalue weighted by Crippen LogP contribution is -2.52. The van der Waals surface area contributed by atoms with Crippen molar-refractivity contribution in [1.29, 1.82) is 0 Å². The summed E-state index contributed by atoms with van der Waals surface area (Å²) in [6.45, 7) is 9.56. The maximum absolute atomic E-state index is 13.0. The third-order valence-electron chi connectivity index (χ3n) is 5.56. The fourth-order valence-corrected chi connectivity index (χ4v) is 4.10. The number of carbonyl (C=O) groups excluding carboxylic acids is 1. The Morgan fingerprint density at radius 1 is 1.15 bits per heavy atom. The summed E-state index contributed by atoms with van der Waals surface area (Å²) in [4.78, 5) is 19.8. The molecule has 27 heavy (non-hydrogen) atoms. The number of benzene rings is 1. The van der Waals surface area contributed by atoms with Gasteiger partial charge >= 0.3 is 0 Å². The maximum atomic E-state index is 13.0. The van der Waals surface area contributed by atoms with Gasteiger partial charge in [0, 0.05) is 46.4 Å². The van der Waals surface area contributed by atoms with Crippen LogP contribution in [-0.4, -0.2) is 81.8 Å². The smallest absolute Gasteiger partial charge is 0.227 e. The van der Waals surface area contributed by atoms with Crippen molar-refractivity contribution in [2.24, 2.45) is 5.92 Å². The topological polar surface area (TPSA) is 45.2 Å².